The van der Waals surface area contributed by atoms with E-state index in [-0.39, 0.29) is 16.5 Å². The van der Waals surface area contributed by atoms with E-state index < -0.39 is 16.0 Å². The maximum Gasteiger partial charge on any atom is 0.354 e. The second-order valence-electron chi connectivity index (χ2n) is 3.70. The SMILES string of the molecule is Cn1cnc(S(=O)(=O)Nc2cccc(C(=O)O)n2)c1. The third kappa shape index (κ3) is 2.88. The molecule has 2 heterocycles. The number of aryl methyl sites for hydroxylation is 1. The second kappa shape index (κ2) is 4.69. The summed E-state index contributed by atoms with van der Waals surface area (Å²) >= 11 is 0. The first kappa shape index (κ1) is 13.0. The molecule has 2 aromatic heterocycles. The highest BCUT2D eigenvalue weighted by Crippen LogP contribution is 2.12. The number of nitrogens with zero attached hydrogens (tertiary/aromatic N) is 3. The molecule has 0 unspecified atom stereocenters. The third-order valence-electron chi connectivity index (χ3n) is 2.16. The Hall–Kier alpha value is -2.42. The Labute approximate surface area is 108 Å². The van der Waals surface area contributed by atoms with E-state index >= 15 is 0 Å². The van der Waals surface area contributed by atoms with Gasteiger partial charge in [-0.2, -0.15) is 8.42 Å². The van der Waals surface area contributed by atoms with Crippen molar-refractivity contribution in [3.63, 3.8) is 0 Å². The fourth-order valence-corrected chi connectivity index (χ4v) is 2.31. The van der Waals surface area contributed by atoms with Crippen LogP contribution in [0.25, 0.3) is 0 Å². The maximum absolute atomic E-state index is 11.9. The van der Waals surface area contributed by atoms with Gasteiger partial charge in [-0.25, -0.2) is 14.8 Å². The maximum atomic E-state index is 11.9. The molecule has 8 nitrogen and oxygen atoms in total. The van der Waals surface area contributed by atoms with Crippen molar-refractivity contribution in [3.05, 3.63) is 36.4 Å². The highest BCUT2D eigenvalue weighted by atomic mass is 32.2. The predicted molar refractivity (Wildman–Crippen MR) is 65.2 cm³/mol. The highest BCUT2D eigenvalue weighted by molar-refractivity contribution is 7.92. The molecule has 0 aliphatic carbocycles. The van der Waals surface area contributed by atoms with Gasteiger partial charge >= 0.3 is 5.97 Å². The van der Waals surface area contributed by atoms with E-state index in [0.29, 0.717) is 0 Å². The molecule has 0 aromatic carbocycles. The Morgan fingerprint density at radius 1 is 1.42 bits per heavy atom. The Morgan fingerprint density at radius 3 is 2.74 bits per heavy atom. The average Bonchev–Trinajstić information content (AvgIpc) is 2.76. The van der Waals surface area contributed by atoms with E-state index in [2.05, 4.69) is 14.7 Å². The van der Waals surface area contributed by atoms with Crippen molar-refractivity contribution in [2.45, 2.75) is 5.03 Å². The first-order valence-electron chi connectivity index (χ1n) is 5.09. The van der Waals surface area contributed by atoms with Gasteiger partial charge in [0.15, 0.2) is 10.7 Å². The summed E-state index contributed by atoms with van der Waals surface area (Å²) in [7, 11) is -2.24. The molecule has 19 heavy (non-hydrogen) atoms. The number of nitrogens with one attached hydrogen (secondary N) is 1. The van der Waals surface area contributed by atoms with Crippen LogP contribution in [0.1, 0.15) is 10.5 Å². The molecule has 0 bridgehead atoms. The summed E-state index contributed by atoms with van der Waals surface area (Å²) in [6, 6.07) is 4.01. The minimum Gasteiger partial charge on any atom is -0.477 e. The van der Waals surface area contributed by atoms with Crippen molar-refractivity contribution in [1.29, 1.82) is 0 Å². The Bertz CT molecular complexity index is 723. The van der Waals surface area contributed by atoms with Gasteiger partial charge in [0.25, 0.3) is 10.0 Å². The van der Waals surface area contributed by atoms with Crippen LogP contribution in [-0.4, -0.2) is 34.0 Å². The number of hydrogen-bond acceptors (Lipinski definition) is 5. The molecule has 0 fully saturated rings. The number of imidazole rings is 1. The van der Waals surface area contributed by atoms with Gasteiger partial charge in [-0.3, -0.25) is 4.72 Å². The summed E-state index contributed by atoms with van der Waals surface area (Å²) in [6.45, 7) is 0. The summed E-state index contributed by atoms with van der Waals surface area (Å²) in [5.41, 5.74) is -0.249. The number of carboxylic acid groups (broad SMARTS) is 1. The zero-order valence-electron chi connectivity index (χ0n) is 9.81. The highest BCUT2D eigenvalue weighted by Gasteiger charge is 2.18. The van der Waals surface area contributed by atoms with E-state index in [0.717, 1.165) is 0 Å². The van der Waals surface area contributed by atoms with Crippen molar-refractivity contribution in [1.82, 2.24) is 14.5 Å². The fraction of sp³-hybridized carbons (Fsp3) is 0.100. The normalized spacial score (nSPS) is 11.2. The van der Waals surface area contributed by atoms with Gasteiger partial charge in [0.05, 0.1) is 6.33 Å². The lowest BCUT2D eigenvalue weighted by molar-refractivity contribution is 0.0690. The van der Waals surface area contributed by atoms with Gasteiger partial charge in [-0.05, 0) is 12.1 Å². The molecule has 2 aromatic rings. The van der Waals surface area contributed by atoms with E-state index in [4.69, 9.17) is 5.11 Å². The number of hydrogen-bond donors (Lipinski definition) is 2. The van der Waals surface area contributed by atoms with Crippen LogP contribution >= 0.6 is 0 Å². The van der Waals surface area contributed by atoms with Crippen molar-refractivity contribution >= 4 is 21.8 Å². The molecule has 2 N–H and O–H groups in total. The van der Waals surface area contributed by atoms with Crippen LogP contribution in [0.3, 0.4) is 0 Å². The topological polar surface area (TPSA) is 114 Å². The minimum absolute atomic E-state index is 0.0782. The van der Waals surface area contributed by atoms with Gasteiger partial charge < -0.3 is 9.67 Å². The number of rotatable bonds is 4. The summed E-state index contributed by atoms with van der Waals surface area (Å²) in [6.07, 6.45) is 2.67. The van der Waals surface area contributed by atoms with Crippen molar-refractivity contribution in [2.75, 3.05) is 4.72 Å². The van der Waals surface area contributed by atoms with Crippen LogP contribution in [0, 0.1) is 0 Å². The molecular formula is C10H10N4O4S. The van der Waals surface area contributed by atoms with Crippen LogP contribution in [-0.2, 0) is 17.1 Å². The summed E-state index contributed by atoms with van der Waals surface area (Å²) < 4.78 is 27.5. The molecule has 0 amide bonds. The van der Waals surface area contributed by atoms with Crippen LogP contribution in [0.5, 0.6) is 0 Å². The zero-order chi connectivity index (χ0) is 14.0. The number of sulfonamides is 1. The molecule has 0 saturated carbocycles. The fourth-order valence-electron chi connectivity index (χ4n) is 1.33. The number of anilines is 1. The number of carbonyl (C=O) groups is 1. The van der Waals surface area contributed by atoms with Crippen LogP contribution < -0.4 is 4.72 Å². The van der Waals surface area contributed by atoms with E-state index in [1.807, 2.05) is 0 Å². The average molecular weight is 282 g/mol. The second-order valence-corrected chi connectivity index (χ2v) is 5.33. The molecule has 0 radical (unpaired) electrons. The van der Waals surface area contributed by atoms with Crippen LogP contribution in [0.4, 0.5) is 5.82 Å². The zero-order valence-corrected chi connectivity index (χ0v) is 10.6. The molecule has 0 aliphatic rings. The van der Waals surface area contributed by atoms with E-state index in [9.17, 15) is 13.2 Å². The van der Waals surface area contributed by atoms with Gasteiger partial charge in [-0.1, -0.05) is 6.07 Å². The Morgan fingerprint density at radius 2 is 2.16 bits per heavy atom. The Balaban J connectivity index is 2.30. The molecule has 0 spiro atoms. The molecule has 2 rings (SSSR count). The first-order chi connectivity index (χ1) is 8.88. The summed E-state index contributed by atoms with van der Waals surface area (Å²) in [4.78, 5) is 18.1. The lowest BCUT2D eigenvalue weighted by Gasteiger charge is -2.05. The lowest BCUT2D eigenvalue weighted by Crippen LogP contribution is -2.15. The monoisotopic (exact) mass is 282 g/mol. The quantitative estimate of drug-likeness (QED) is 0.834. The standard InChI is InChI=1S/C10H10N4O4S/c1-14-5-9(11-6-14)19(17,18)13-8-4-2-3-7(12-8)10(15)16/h2-6H,1H3,(H,12,13)(H,15,16). The number of aromatic carboxylic acids is 1. The number of carboxylic acids is 1. The van der Waals surface area contributed by atoms with Crippen molar-refractivity contribution < 1.29 is 18.3 Å². The third-order valence-corrected chi connectivity index (χ3v) is 3.40. The first-order valence-corrected chi connectivity index (χ1v) is 6.58. The lowest BCUT2D eigenvalue weighted by atomic mass is 10.3. The van der Waals surface area contributed by atoms with Gasteiger partial charge in [0.1, 0.15) is 5.82 Å². The molecule has 0 saturated heterocycles. The molecule has 9 heteroatoms. The van der Waals surface area contributed by atoms with Gasteiger partial charge in [0.2, 0.25) is 0 Å². The predicted octanol–water partition coefficient (Wildman–Crippen LogP) is 0.314. The molecular weight excluding hydrogens is 272 g/mol. The van der Waals surface area contributed by atoms with Crippen molar-refractivity contribution in [3.8, 4) is 0 Å². The van der Waals surface area contributed by atoms with E-state index in [1.165, 1.54) is 35.3 Å². The van der Waals surface area contributed by atoms with Crippen LogP contribution in [0.15, 0.2) is 35.7 Å². The number of pyridine rings is 1. The molecule has 0 atom stereocenters. The summed E-state index contributed by atoms with van der Waals surface area (Å²) in [5, 5.41) is 8.60. The molecule has 0 aliphatic heterocycles. The largest absolute Gasteiger partial charge is 0.477 e. The smallest absolute Gasteiger partial charge is 0.354 e. The van der Waals surface area contributed by atoms with Crippen molar-refractivity contribution in [2.24, 2.45) is 7.05 Å². The number of aromatic nitrogens is 3. The minimum atomic E-state index is -3.87. The van der Waals surface area contributed by atoms with Gasteiger partial charge in [0, 0.05) is 13.2 Å². The Kier molecular flexibility index (Phi) is 3.21. The summed E-state index contributed by atoms with van der Waals surface area (Å²) in [5.74, 6) is -1.32. The van der Waals surface area contributed by atoms with E-state index in [1.54, 1.807) is 7.05 Å². The van der Waals surface area contributed by atoms with Crippen LogP contribution in [0.2, 0.25) is 0 Å². The molecule has 100 valence electrons. The van der Waals surface area contributed by atoms with Gasteiger partial charge in [-0.15, -0.1) is 0 Å².